The summed E-state index contributed by atoms with van der Waals surface area (Å²) in [6, 6.07) is 18.7. The van der Waals surface area contributed by atoms with Crippen LogP contribution in [-0.4, -0.2) is 109 Å². The molecule has 2 aromatic carbocycles. The van der Waals surface area contributed by atoms with Crippen LogP contribution in [0.4, 0.5) is 10.3 Å². The van der Waals surface area contributed by atoms with Crippen LogP contribution in [0.5, 0.6) is 0 Å². The van der Waals surface area contributed by atoms with Crippen molar-refractivity contribution in [3.63, 3.8) is 0 Å². The molecule has 8 aromatic heterocycles. The number of amides is 4. The van der Waals surface area contributed by atoms with Gasteiger partial charge in [-0.1, -0.05) is 98.5 Å². The SMILES string of the molecule is C#CC#CC#CC#CC#CC#CC#CC#CC#CC#CC#CC.C#CC#CC#CC#CC#CC#CC#CC#CC#CC#CC#C[CH2-].CC1(C)OB(c2ccc3nc(NC(=O)C4CC4)sc3c2)OC1(C)C.NC1CCCCC1.O=C(NC1CCCCC1)c1nsc2ncc(-c3ccc4nc(NC(=O)C5CC5)sc4c3)cc12.O=C(NC1CCCCC1)c1nsc2ncc(Br)cc12.O=C(O)c1nsc2ncc(Br)cc12. The number of terminal acetylenes is 2. The first kappa shape index (κ1) is 108. The zero-order chi connectivity index (χ0) is 101. The van der Waals surface area contributed by atoms with Crippen molar-refractivity contribution in [2.45, 2.75) is 186 Å². The van der Waals surface area contributed by atoms with Gasteiger partial charge in [-0.3, -0.25) is 25.1 Å². The number of nitrogens with one attached hydrogen (secondary N) is 4. The van der Waals surface area contributed by atoms with Crippen molar-refractivity contribution in [2.24, 2.45) is 17.6 Å². The van der Waals surface area contributed by atoms with Crippen molar-refractivity contribution in [1.82, 2.24) is 48.7 Å². The van der Waals surface area contributed by atoms with Crippen LogP contribution >= 0.6 is 89.1 Å². The van der Waals surface area contributed by atoms with Gasteiger partial charge in [0.1, 0.15) is 14.5 Å². The number of carboxylic acids is 1. The molecule has 1 aliphatic heterocycles. The van der Waals surface area contributed by atoms with Crippen molar-refractivity contribution >= 4 is 193 Å². The van der Waals surface area contributed by atoms with Crippen LogP contribution in [0.3, 0.4) is 0 Å². The fourth-order valence-corrected chi connectivity index (χ4v) is 17.5. The molecule has 5 saturated carbocycles. The van der Waals surface area contributed by atoms with Crippen LogP contribution in [0, 0.1) is 280 Å². The summed E-state index contributed by atoms with van der Waals surface area (Å²) in [6.07, 6.45) is 37.0. The van der Waals surface area contributed by atoms with E-state index < -0.39 is 5.97 Å². The number of benzene rings is 2. The number of anilines is 2. The molecule has 6 aliphatic rings. The van der Waals surface area contributed by atoms with E-state index in [2.05, 4.69) is 353 Å². The maximum absolute atomic E-state index is 12.9. The number of hydrogen-bond donors (Lipinski definition) is 6. The third-order valence-electron chi connectivity index (χ3n) is 20.7. The van der Waals surface area contributed by atoms with Gasteiger partial charge in [0.15, 0.2) is 27.3 Å². The molecule has 7 N–H and O–H groups in total. The van der Waals surface area contributed by atoms with Crippen LogP contribution in [0.15, 0.2) is 82.1 Å². The topological polar surface area (TPSA) is 301 Å². The molecule has 9 heterocycles. The number of pyridine rings is 3. The molecule has 6 fully saturated rings. The van der Waals surface area contributed by atoms with E-state index in [1.54, 1.807) is 25.4 Å². The lowest BCUT2D eigenvalue weighted by Crippen LogP contribution is -2.41. The first-order valence-electron chi connectivity index (χ1n) is 44.1. The number of nitrogens with zero attached hydrogens (tertiary/aromatic N) is 8. The lowest BCUT2D eigenvalue weighted by atomic mass is 9.79. The van der Waals surface area contributed by atoms with Crippen LogP contribution in [-0.2, 0) is 18.9 Å². The van der Waals surface area contributed by atoms with Crippen LogP contribution < -0.4 is 32.5 Å². The standard InChI is InChI=1S/C24H23N5O2S2.C23H4.C23H3.C17H21BN2O3S.C13H14BrN3OS.C7H3BrN2O2S.C6H13N/c30-21(13-6-7-13)28-24-27-18-9-8-14(11-19(18)32-24)15-10-17-20(29-33-23(17)25-12-15)22(31)26-16-4-2-1-3-5-16;2*1-3-5-7-9-11-13-15-17-19-21-23-22-20-18-16-14-12-10-8-6-4-2;1-16(2)17(3,4)23-18(22-16)11-7-8-12-13(9-11)24-15(19-12)20-14(21)10-5-6-10;14-8-6-10-11(17-19-13(10)15-7-8)12(18)16-9-4-2-1-3-5-9;8-3-1-4-5(7(11)12)10-13-6(4)9-2-3;7-6-4-2-1-3-5-6/h8-13,16H,1-7H2,(H,26,31)(H,27,28,30);1H,2H3;1H,2H2;7-10H,5-6H2,1-4H3,(H,19,20,21);6-7,9H,1-5H2,(H,16,18);1-2H,(H,11,12);6H,1-5,7H2/q;;-1;;;;. The molecule has 10 aromatic rings. The average molecular weight is 2080 g/mol. The molecule has 5 aliphatic carbocycles. The Labute approximate surface area is 865 Å². The Morgan fingerprint density at radius 1 is 0.430 bits per heavy atom. The van der Waals surface area contributed by atoms with Crippen LogP contribution in [0.2, 0.25) is 0 Å². The predicted octanol–water partition coefficient (Wildman–Crippen LogP) is 16.4. The number of thiazole rings is 2. The summed E-state index contributed by atoms with van der Waals surface area (Å²) in [5, 5.41) is 24.4. The molecule has 142 heavy (non-hydrogen) atoms. The molecule has 0 unspecified atom stereocenters. The van der Waals surface area contributed by atoms with E-state index in [4.69, 9.17) is 33.0 Å². The predicted molar refractivity (Wildman–Crippen MR) is 575 cm³/mol. The summed E-state index contributed by atoms with van der Waals surface area (Å²) >= 11 is 13.2. The maximum atomic E-state index is 12.9. The third-order valence-corrected chi connectivity index (χ3v) is 25.8. The van der Waals surface area contributed by atoms with E-state index in [1.165, 1.54) is 116 Å². The molecular weight excluding hydrogens is 2000 g/mol. The second-order valence-electron chi connectivity index (χ2n) is 31.5. The smallest absolute Gasteiger partial charge is 0.476 e. The Hall–Kier alpha value is -16.2. The Morgan fingerprint density at radius 3 is 1.13 bits per heavy atom. The fraction of sp³-hybridized carbons (Fsp3) is 0.274. The van der Waals surface area contributed by atoms with Gasteiger partial charge in [0.05, 0.1) is 31.6 Å². The van der Waals surface area contributed by atoms with E-state index in [0.29, 0.717) is 44.0 Å². The van der Waals surface area contributed by atoms with Gasteiger partial charge >= 0.3 is 13.1 Å². The number of carbonyl (C=O) groups is 5. The van der Waals surface area contributed by atoms with E-state index >= 15 is 0 Å². The Morgan fingerprint density at radius 2 is 0.768 bits per heavy atom. The zero-order valence-corrected chi connectivity index (χ0v) is 84.7. The third kappa shape index (κ3) is 36.9. The van der Waals surface area contributed by atoms with E-state index in [0.717, 1.165) is 129 Å². The number of hydrogen-bond acceptors (Lipinski definition) is 21. The lowest BCUT2D eigenvalue weighted by Gasteiger charge is -2.32. The van der Waals surface area contributed by atoms with E-state index in [-0.39, 0.29) is 65.5 Å². The second kappa shape index (κ2) is 58.5. The van der Waals surface area contributed by atoms with Crippen molar-refractivity contribution in [1.29, 1.82) is 0 Å². The molecule has 0 radical (unpaired) electrons. The number of aromatic nitrogens is 8. The molecule has 29 heteroatoms. The molecular formula is C113H81BBr2N13O8S5-. The molecule has 4 amide bonds. The highest BCUT2D eigenvalue weighted by atomic mass is 79.9. The highest BCUT2D eigenvalue weighted by Crippen LogP contribution is 2.39. The minimum absolute atomic E-state index is 0.0629. The summed E-state index contributed by atoms with van der Waals surface area (Å²) in [6.45, 7) is 13.2. The minimum atomic E-state index is -1.02. The van der Waals surface area contributed by atoms with Crippen molar-refractivity contribution < 1.29 is 38.4 Å². The monoisotopic (exact) mass is 2080 g/mol. The van der Waals surface area contributed by atoms with Crippen molar-refractivity contribution in [3.8, 4) is 273 Å². The van der Waals surface area contributed by atoms with E-state index in [9.17, 15) is 24.0 Å². The summed E-state index contributed by atoms with van der Waals surface area (Å²) < 4.78 is 28.3. The number of nitrogens with two attached hydrogens (primary N) is 1. The van der Waals surface area contributed by atoms with Crippen LogP contribution in [0.1, 0.15) is 188 Å². The Kier molecular flexibility index (Phi) is 44.4. The average Bonchev–Trinajstić information content (AvgIpc) is 1.61. The van der Waals surface area contributed by atoms with Crippen LogP contribution in [0.25, 0.3) is 62.2 Å². The second-order valence-corrected chi connectivity index (χ2v) is 37.7. The van der Waals surface area contributed by atoms with Gasteiger partial charge in [0.25, 0.3) is 11.8 Å². The van der Waals surface area contributed by atoms with Crippen molar-refractivity contribution in [2.75, 3.05) is 10.6 Å². The maximum Gasteiger partial charge on any atom is 0.494 e. The van der Waals surface area contributed by atoms with Gasteiger partial charge < -0.3 is 41.4 Å². The van der Waals surface area contributed by atoms with Gasteiger partial charge in [0, 0.05) is 115 Å². The largest absolute Gasteiger partial charge is 0.494 e. The summed E-state index contributed by atoms with van der Waals surface area (Å²) in [7, 11) is -0.383. The summed E-state index contributed by atoms with van der Waals surface area (Å²) in [5.41, 5.74) is 10.6. The number of carbonyl (C=O) groups excluding carboxylic acids is 4. The molecule has 0 bridgehead atoms. The van der Waals surface area contributed by atoms with E-state index in [1.807, 2.05) is 76.4 Å². The fourth-order valence-electron chi connectivity index (χ4n) is 12.8. The van der Waals surface area contributed by atoms with Gasteiger partial charge in [-0.25, -0.2) is 35.6 Å². The van der Waals surface area contributed by atoms with Gasteiger partial charge in [-0.15, -0.1) is 18.8 Å². The van der Waals surface area contributed by atoms with Gasteiger partial charge in [0.2, 0.25) is 11.8 Å². The van der Waals surface area contributed by atoms with Gasteiger partial charge in [-0.2, -0.15) is 20.0 Å². The molecule has 0 spiro atoms. The molecule has 16 rings (SSSR count). The first-order valence-corrected chi connectivity index (χ1v) is 49.6. The summed E-state index contributed by atoms with van der Waals surface area (Å²) in [5.74, 6) is 102. The minimum Gasteiger partial charge on any atom is -0.476 e. The first-order chi connectivity index (χ1) is 69.0. The summed E-state index contributed by atoms with van der Waals surface area (Å²) in [4.78, 5) is 83.9. The molecule has 1 saturated heterocycles. The molecule has 21 nitrogen and oxygen atoms in total. The Balaban J connectivity index is 0.000000175. The number of aromatic carboxylic acids is 1. The number of fused-ring (bicyclic) bond motifs is 5. The number of carboxylic acid groups (broad SMARTS) is 1. The normalized spacial score (nSPS) is 13.3. The lowest BCUT2D eigenvalue weighted by molar-refractivity contribution is -0.118. The molecule has 694 valence electrons. The highest BCUT2D eigenvalue weighted by molar-refractivity contribution is 9.10. The quantitative estimate of drug-likeness (QED) is 0.0398. The number of halogens is 2. The van der Waals surface area contributed by atoms with Crippen molar-refractivity contribution in [3.05, 3.63) is 106 Å². The highest BCUT2D eigenvalue weighted by Gasteiger charge is 2.52. The zero-order valence-electron chi connectivity index (χ0n) is 77.4. The Bertz CT molecular complexity index is 7820. The number of rotatable bonds is 11. The molecule has 0 atom stereocenters. The van der Waals surface area contributed by atoms with Gasteiger partial charge in [-0.05, 0) is 408 Å².